The number of para-hydroxylation sites is 1. The number of hydrogen-bond acceptors (Lipinski definition) is 5. The molecule has 132 valence electrons. The number of ether oxygens (including phenoxy) is 2. The Balaban J connectivity index is 1.93. The third kappa shape index (κ3) is 2.88. The Morgan fingerprint density at radius 2 is 1.88 bits per heavy atom. The molecule has 0 saturated carbocycles. The molecule has 26 heavy (non-hydrogen) atoms. The van der Waals surface area contributed by atoms with Crippen molar-refractivity contribution in [2.45, 2.75) is 25.7 Å². The van der Waals surface area contributed by atoms with Crippen molar-refractivity contribution >= 4 is 16.9 Å². The van der Waals surface area contributed by atoms with Crippen LogP contribution >= 0.6 is 0 Å². The second-order valence-corrected chi connectivity index (χ2v) is 6.18. The van der Waals surface area contributed by atoms with Crippen LogP contribution < -0.4 is 5.56 Å². The van der Waals surface area contributed by atoms with Gasteiger partial charge in [0.15, 0.2) is 11.9 Å². The van der Waals surface area contributed by atoms with E-state index in [-0.39, 0.29) is 5.56 Å². The quantitative estimate of drug-likeness (QED) is 0.665. The predicted octanol–water partition coefficient (Wildman–Crippen LogP) is 2.77. The van der Waals surface area contributed by atoms with Crippen LogP contribution in [0.4, 0.5) is 0 Å². The molecule has 2 atom stereocenters. The highest BCUT2D eigenvalue weighted by atomic mass is 16.6. The first-order valence-electron chi connectivity index (χ1n) is 8.48. The number of esters is 1. The molecule has 0 aliphatic carbocycles. The van der Waals surface area contributed by atoms with Crippen LogP contribution in [-0.2, 0) is 20.8 Å². The van der Waals surface area contributed by atoms with Gasteiger partial charge in [0.2, 0.25) is 0 Å². The predicted molar refractivity (Wildman–Crippen MR) is 95.6 cm³/mol. The van der Waals surface area contributed by atoms with Gasteiger partial charge in [-0.05, 0) is 17.7 Å². The number of fused-ring (bicyclic) bond motifs is 2. The van der Waals surface area contributed by atoms with Crippen molar-refractivity contribution in [3.63, 3.8) is 0 Å². The first-order chi connectivity index (χ1) is 12.6. The lowest BCUT2D eigenvalue weighted by atomic mass is 10.0. The molecule has 0 fully saturated rings. The minimum atomic E-state index is -0.797. The fourth-order valence-corrected chi connectivity index (χ4v) is 3.32. The van der Waals surface area contributed by atoms with Crippen molar-refractivity contribution in [1.82, 2.24) is 9.55 Å². The van der Waals surface area contributed by atoms with Crippen LogP contribution in [0, 0.1) is 0 Å². The number of benzene rings is 2. The molecule has 4 rings (SSSR count). The lowest BCUT2D eigenvalue weighted by Gasteiger charge is -2.25. The van der Waals surface area contributed by atoms with Gasteiger partial charge in [0.1, 0.15) is 6.10 Å². The second kappa shape index (κ2) is 6.72. The van der Waals surface area contributed by atoms with Gasteiger partial charge in [0.05, 0.1) is 24.1 Å². The van der Waals surface area contributed by atoms with E-state index in [1.165, 1.54) is 6.92 Å². The van der Waals surface area contributed by atoms with Crippen LogP contribution in [-0.4, -0.2) is 22.1 Å². The number of nitrogens with zero attached hydrogens (tertiary/aromatic N) is 2. The van der Waals surface area contributed by atoms with E-state index in [2.05, 4.69) is 4.98 Å². The van der Waals surface area contributed by atoms with Crippen LogP contribution in [0.1, 0.15) is 30.5 Å². The summed E-state index contributed by atoms with van der Waals surface area (Å²) in [5.74, 6) is -0.0364. The van der Waals surface area contributed by atoms with Crippen LogP contribution in [0.5, 0.6) is 0 Å². The minimum Gasteiger partial charge on any atom is -0.451 e. The van der Waals surface area contributed by atoms with Gasteiger partial charge in [-0.1, -0.05) is 42.5 Å². The van der Waals surface area contributed by atoms with E-state index in [4.69, 9.17) is 9.47 Å². The third-order valence-corrected chi connectivity index (χ3v) is 4.45. The Hall–Kier alpha value is -2.99. The summed E-state index contributed by atoms with van der Waals surface area (Å²) in [4.78, 5) is 29.3. The van der Waals surface area contributed by atoms with Crippen molar-refractivity contribution in [1.29, 1.82) is 0 Å². The molecule has 1 aliphatic rings. The van der Waals surface area contributed by atoms with E-state index in [0.29, 0.717) is 29.9 Å². The summed E-state index contributed by atoms with van der Waals surface area (Å²) in [6, 6.07) is 16.7. The van der Waals surface area contributed by atoms with E-state index >= 15 is 0 Å². The first kappa shape index (κ1) is 16.5. The maximum atomic E-state index is 12.9. The van der Waals surface area contributed by atoms with E-state index in [0.717, 1.165) is 5.56 Å². The summed E-state index contributed by atoms with van der Waals surface area (Å²) >= 11 is 0. The van der Waals surface area contributed by atoms with Crippen molar-refractivity contribution in [3.8, 4) is 0 Å². The minimum absolute atomic E-state index is 0.153. The Morgan fingerprint density at radius 3 is 2.65 bits per heavy atom. The highest BCUT2D eigenvalue weighted by Crippen LogP contribution is 2.36. The summed E-state index contributed by atoms with van der Waals surface area (Å²) in [5, 5.41) is 0.538. The fourth-order valence-electron chi connectivity index (χ4n) is 3.32. The number of carbonyl (C=O) groups is 1. The van der Waals surface area contributed by atoms with Crippen LogP contribution in [0.25, 0.3) is 10.9 Å². The van der Waals surface area contributed by atoms with E-state index in [1.54, 1.807) is 16.7 Å². The fraction of sp³-hybridized carbons (Fsp3) is 0.250. The Bertz CT molecular complexity index is 1010. The van der Waals surface area contributed by atoms with Crippen molar-refractivity contribution in [3.05, 3.63) is 76.3 Å². The molecule has 2 heterocycles. The van der Waals surface area contributed by atoms with Gasteiger partial charge in [0.25, 0.3) is 5.56 Å². The standard InChI is InChI=1S/C20H18N2O4/c1-13(23)26-18-17(14-7-3-2-4-8-14)25-12-11-22-19(18)21-16-10-6-5-9-15(16)20(22)24/h2-10,17-18H,11-12H2,1H3. The highest BCUT2D eigenvalue weighted by molar-refractivity contribution is 5.77. The molecule has 0 radical (unpaired) electrons. The van der Waals surface area contributed by atoms with Crippen molar-refractivity contribution < 1.29 is 14.3 Å². The molecule has 0 amide bonds. The van der Waals surface area contributed by atoms with Gasteiger partial charge < -0.3 is 9.47 Å². The van der Waals surface area contributed by atoms with Crippen LogP contribution in [0.3, 0.4) is 0 Å². The topological polar surface area (TPSA) is 70.4 Å². The maximum Gasteiger partial charge on any atom is 0.303 e. The monoisotopic (exact) mass is 350 g/mol. The number of rotatable bonds is 2. The molecule has 6 heteroatoms. The molecule has 6 nitrogen and oxygen atoms in total. The molecule has 0 N–H and O–H groups in total. The zero-order chi connectivity index (χ0) is 18.1. The summed E-state index contributed by atoms with van der Waals surface area (Å²) in [5.41, 5.74) is 1.30. The maximum absolute atomic E-state index is 12.9. The van der Waals surface area contributed by atoms with Gasteiger partial charge >= 0.3 is 5.97 Å². The first-order valence-corrected chi connectivity index (χ1v) is 8.48. The van der Waals surface area contributed by atoms with E-state index in [1.807, 2.05) is 42.5 Å². The molecule has 2 unspecified atom stereocenters. The molecule has 0 bridgehead atoms. The zero-order valence-corrected chi connectivity index (χ0v) is 14.3. The van der Waals surface area contributed by atoms with E-state index in [9.17, 15) is 9.59 Å². The molecule has 3 aromatic rings. The molecule has 1 aromatic heterocycles. The normalized spacial score (nSPS) is 19.6. The van der Waals surface area contributed by atoms with Gasteiger partial charge in [-0.2, -0.15) is 0 Å². The summed E-state index contributed by atoms with van der Waals surface area (Å²) < 4.78 is 13.1. The van der Waals surface area contributed by atoms with Crippen LogP contribution in [0.15, 0.2) is 59.4 Å². The second-order valence-electron chi connectivity index (χ2n) is 6.18. The average Bonchev–Trinajstić information content (AvgIpc) is 2.82. The van der Waals surface area contributed by atoms with Gasteiger partial charge in [0, 0.05) is 6.92 Å². The molecule has 0 saturated heterocycles. The van der Waals surface area contributed by atoms with Gasteiger partial charge in [-0.25, -0.2) is 4.98 Å². The van der Waals surface area contributed by atoms with Crippen molar-refractivity contribution in [2.24, 2.45) is 0 Å². The Kier molecular flexibility index (Phi) is 4.26. The molecule has 1 aliphatic heterocycles. The van der Waals surface area contributed by atoms with Crippen molar-refractivity contribution in [2.75, 3.05) is 6.61 Å². The largest absolute Gasteiger partial charge is 0.451 e. The number of carbonyl (C=O) groups excluding carboxylic acids is 1. The highest BCUT2D eigenvalue weighted by Gasteiger charge is 2.35. The Morgan fingerprint density at radius 1 is 1.15 bits per heavy atom. The summed E-state index contributed by atoms with van der Waals surface area (Å²) in [7, 11) is 0. The summed E-state index contributed by atoms with van der Waals surface area (Å²) in [6.45, 7) is 2.02. The summed E-state index contributed by atoms with van der Waals surface area (Å²) in [6.07, 6.45) is -1.32. The SMILES string of the molecule is CC(=O)OC1c2nc3ccccc3c(=O)n2CCOC1c1ccccc1. The molecule has 0 spiro atoms. The Labute approximate surface area is 150 Å². The zero-order valence-electron chi connectivity index (χ0n) is 14.3. The molecular weight excluding hydrogens is 332 g/mol. The number of aromatic nitrogens is 2. The molecular formula is C20H18N2O4. The number of hydrogen-bond donors (Lipinski definition) is 0. The lowest BCUT2D eigenvalue weighted by Crippen LogP contribution is -2.28. The third-order valence-electron chi connectivity index (χ3n) is 4.45. The molecule has 2 aromatic carbocycles. The van der Waals surface area contributed by atoms with Gasteiger partial charge in [-0.15, -0.1) is 0 Å². The van der Waals surface area contributed by atoms with Crippen LogP contribution in [0.2, 0.25) is 0 Å². The smallest absolute Gasteiger partial charge is 0.303 e. The van der Waals surface area contributed by atoms with Gasteiger partial charge in [-0.3, -0.25) is 14.2 Å². The van der Waals surface area contributed by atoms with E-state index < -0.39 is 18.2 Å². The lowest BCUT2D eigenvalue weighted by molar-refractivity contribution is -0.156. The average molecular weight is 350 g/mol.